The van der Waals surface area contributed by atoms with E-state index in [1.807, 2.05) is 0 Å². The molecular formula is C25H25FN2O6S. The van der Waals surface area contributed by atoms with Gasteiger partial charge in [0, 0.05) is 17.2 Å². The number of nitrogens with zero attached hydrogens (tertiary/aromatic N) is 1. The van der Waals surface area contributed by atoms with Crippen molar-refractivity contribution in [3.8, 4) is 11.5 Å². The highest BCUT2D eigenvalue weighted by molar-refractivity contribution is 7.85. The van der Waals surface area contributed by atoms with Gasteiger partial charge in [-0.3, -0.25) is 9.00 Å². The van der Waals surface area contributed by atoms with Crippen LogP contribution in [-0.4, -0.2) is 45.4 Å². The number of benzene rings is 2. The minimum Gasteiger partial charge on any atom is -0.503 e. The number of rotatable bonds is 9. The molecule has 0 spiro atoms. The van der Waals surface area contributed by atoms with Crippen molar-refractivity contribution in [3.05, 3.63) is 83.9 Å². The molecule has 0 aliphatic carbocycles. The lowest BCUT2D eigenvalue weighted by molar-refractivity contribution is -0.150. The molecule has 2 N–H and O–H groups in total. The fraction of sp³-hybridized carbons (Fsp3) is 0.240. The van der Waals surface area contributed by atoms with Crippen LogP contribution in [0.2, 0.25) is 0 Å². The molecular weight excluding hydrogens is 475 g/mol. The van der Waals surface area contributed by atoms with Gasteiger partial charge in [0.05, 0.1) is 17.9 Å². The van der Waals surface area contributed by atoms with Crippen molar-refractivity contribution in [2.75, 3.05) is 7.11 Å². The van der Waals surface area contributed by atoms with Crippen LogP contribution >= 0.6 is 0 Å². The topological polar surface area (TPSA) is 115 Å². The SMILES string of the molecule is COc1ccnc(C(=O)N[C@@H](C)C(=O)O[C@@H](C)[C@@H](c2ccccc2)S(=O)c2ccc(F)cc2)c1O. The summed E-state index contributed by atoms with van der Waals surface area (Å²) in [6.45, 7) is 3.01. The van der Waals surface area contributed by atoms with E-state index in [1.165, 1.54) is 50.6 Å². The molecule has 1 unspecified atom stereocenters. The Morgan fingerprint density at radius 3 is 2.34 bits per heavy atom. The van der Waals surface area contributed by atoms with E-state index < -0.39 is 51.6 Å². The fourth-order valence-corrected chi connectivity index (χ4v) is 4.87. The molecule has 3 rings (SSSR count). The summed E-state index contributed by atoms with van der Waals surface area (Å²) in [4.78, 5) is 29.5. The number of hydrogen-bond acceptors (Lipinski definition) is 7. The highest BCUT2D eigenvalue weighted by Crippen LogP contribution is 2.31. The number of halogens is 1. The van der Waals surface area contributed by atoms with Gasteiger partial charge in [-0.2, -0.15) is 0 Å². The zero-order chi connectivity index (χ0) is 25.5. The summed E-state index contributed by atoms with van der Waals surface area (Å²) < 4.78 is 37.3. The Hall–Kier alpha value is -3.79. The molecule has 0 fully saturated rings. The molecule has 184 valence electrons. The Kier molecular flexibility index (Phi) is 8.53. The molecule has 3 aromatic rings. The first-order valence-electron chi connectivity index (χ1n) is 10.7. The predicted octanol–water partition coefficient (Wildman–Crippen LogP) is 3.53. The molecule has 8 nitrogen and oxygen atoms in total. The Labute approximate surface area is 204 Å². The maximum absolute atomic E-state index is 13.4. The van der Waals surface area contributed by atoms with E-state index in [0.29, 0.717) is 10.5 Å². The lowest BCUT2D eigenvalue weighted by Crippen LogP contribution is -2.41. The van der Waals surface area contributed by atoms with E-state index in [1.54, 1.807) is 37.3 Å². The van der Waals surface area contributed by atoms with Crippen LogP contribution in [0, 0.1) is 5.82 Å². The minimum atomic E-state index is -1.68. The molecule has 10 heteroatoms. The van der Waals surface area contributed by atoms with Crippen LogP contribution in [-0.2, 0) is 20.3 Å². The summed E-state index contributed by atoms with van der Waals surface area (Å²) in [6, 6.07) is 14.4. The molecule has 4 atom stereocenters. The van der Waals surface area contributed by atoms with Crippen molar-refractivity contribution in [1.82, 2.24) is 10.3 Å². The van der Waals surface area contributed by atoms with Crippen molar-refractivity contribution >= 4 is 22.7 Å². The monoisotopic (exact) mass is 500 g/mol. The average molecular weight is 501 g/mol. The molecule has 35 heavy (non-hydrogen) atoms. The second-order valence-electron chi connectivity index (χ2n) is 7.63. The summed E-state index contributed by atoms with van der Waals surface area (Å²) in [5.41, 5.74) is 0.356. The van der Waals surface area contributed by atoms with E-state index in [2.05, 4.69) is 10.3 Å². The number of methoxy groups -OCH3 is 1. The lowest BCUT2D eigenvalue weighted by Gasteiger charge is -2.25. The van der Waals surface area contributed by atoms with Crippen LogP contribution in [0.5, 0.6) is 11.5 Å². The van der Waals surface area contributed by atoms with Crippen molar-refractivity contribution in [1.29, 1.82) is 0 Å². The summed E-state index contributed by atoms with van der Waals surface area (Å²) in [5.74, 6) is -2.43. The van der Waals surface area contributed by atoms with E-state index >= 15 is 0 Å². The largest absolute Gasteiger partial charge is 0.503 e. The van der Waals surface area contributed by atoms with E-state index in [0.717, 1.165) is 0 Å². The third kappa shape index (κ3) is 6.21. The van der Waals surface area contributed by atoms with Gasteiger partial charge in [0.25, 0.3) is 5.91 Å². The molecule has 1 amide bonds. The smallest absolute Gasteiger partial charge is 0.328 e. The summed E-state index contributed by atoms with van der Waals surface area (Å²) in [7, 11) is -0.345. The van der Waals surface area contributed by atoms with Crippen LogP contribution in [0.25, 0.3) is 0 Å². The van der Waals surface area contributed by atoms with Crippen LogP contribution in [0.1, 0.15) is 35.1 Å². The normalized spacial score (nSPS) is 14.3. The molecule has 0 saturated carbocycles. The zero-order valence-corrected chi connectivity index (χ0v) is 20.1. The van der Waals surface area contributed by atoms with Gasteiger partial charge in [-0.25, -0.2) is 14.2 Å². The molecule has 1 aromatic heterocycles. The zero-order valence-electron chi connectivity index (χ0n) is 19.3. The maximum Gasteiger partial charge on any atom is 0.328 e. The highest BCUT2D eigenvalue weighted by atomic mass is 32.2. The molecule has 2 aromatic carbocycles. The van der Waals surface area contributed by atoms with E-state index in [4.69, 9.17) is 9.47 Å². The molecule has 0 aliphatic rings. The Morgan fingerprint density at radius 2 is 1.71 bits per heavy atom. The first kappa shape index (κ1) is 25.8. The van der Waals surface area contributed by atoms with Crippen molar-refractivity contribution in [2.24, 2.45) is 0 Å². The third-order valence-corrected chi connectivity index (χ3v) is 7.01. The Morgan fingerprint density at radius 1 is 1.06 bits per heavy atom. The number of ether oxygens (including phenoxy) is 2. The molecule has 1 heterocycles. The molecule has 0 bridgehead atoms. The van der Waals surface area contributed by atoms with Crippen LogP contribution in [0.3, 0.4) is 0 Å². The van der Waals surface area contributed by atoms with Crippen molar-refractivity contribution < 1.29 is 32.8 Å². The second-order valence-corrected chi connectivity index (χ2v) is 9.20. The van der Waals surface area contributed by atoms with Gasteiger partial charge in [-0.1, -0.05) is 30.3 Å². The van der Waals surface area contributed by atoms with E-state index in [-0.39, 0.29) is 11.4 Å². The number of hydrogen-bond donors (Lipinski definition) is 2. The Bertz CT molecular complexity index is 1210. The van der Waals surface area contributed by atoms with Gasteiger partial charge >= 0.3 is 5.97 Å². The van der Waals surface area contributed by atoms with Crippen molar-refractivity contribution in [2.45, 2.75) is 36.1 Å². The number of aromatic hydroxyl groups is 1. The summed E-state index contributed by atoms with van der Waals surface area (Å²) in [5, 5.41) is 11.8. The number of carbonyl (C=O) groups is 2. The second kappa shape index (κ2) is 11.6. The number of esters is 1. The minimum absolute atomic E-state index is 0.0583. The summed E-state index contributed by atoms with van der Waals surface area (Å²) in [6.07, 6.45) is 0.423. The van der Waals surface area contributed by atoms with Gasteiger partial charge in [0.2, 0.25) is 0 Å². The van der Waals surface area contributed by atoms with Crippen LogP contribution in [0.15, 0.2) is 71.8 Å². The molecule has 0 saturated heterocycles. The molecule has 0 radical (unpaired) electrons. The average Bonchev–Trinajstić information content (AvgIpc) is 2.85. The standard InChI is InChI=1S/C25H25FN2O6S/c1-15(28-24(30)21-22(29)20(33-3)13-14-27-21)25(31)34-16(2)23(17-7-5-4-6-8-17)35(32)19-11-9-18(26)10-12-19/h4-16,23,29H,1-3H3,(H,28,30)/t15-,16-,23-,35?/m0/s1. The predicted molar refractivity (Wildman–Crippen MR) is 127 cm³/mol. The number of carbonyl (C=O) groups excluding carboxylic acids is 2. The number of aromatic nitrogens is 1. The Balaban J connectivity index is 1.76. The van der Waals surface area contributed by atoms with Crippen LogP contribution < -0.4 is 10.1 Å². The number of nitrogens with one attached hydrogen (secondary N) is 1. The fourth-order valence-electron chi connectivity index (χ4n) is 3.36. The summed E-state index contributed by atoms with van der Waals surface area (Å²) >= 11 is 0. The quantitative estimate of drug-likeness (QED) is 0.432. The van der Waals surface area contributed by atoms with Gasteiger partial charge in [-0.15, -0.1) is 0 Å². The van der Waals surface area contributed by atoms with Gasteiger partial charge in [0.1, 0.15) is 23.2 Å². The maximum atomic E-state index is 13.4. The number of pyridine rings is 1. The van der Waals surface area contributed by atoms with Gasteiger partial charge in [0.15, 0.2) is 17.2 Å². The van der Waals surface area contributed by atoms with Crippen molar-refractivity contribution in [3.63, 3.8) is 0 Å². The number of amides is 1. The molecule has 0 aliphatic heterocycles. The van der Waals surface area contributed by atoms with Crippen LogP contribution in [0.4, 0.5) is 4.39 Å². The van der Waals surface area contributed by atoms with Gasteiger partial charge < -0.3 is 19.9 Å². The lowest BCUT2D eigenvalue weighted by atomic mass is 10.1. The van der Waals surface area contributed by atoms with E-state index in [9.17, 15) is 23.3 Å². The third-order valence-electron chi connectivity index (χ3n) is 5.16. The first-order valence-corrected chi connectivity index (χ1v) is 11.9. The van der Waals surface area contributed by atoms with Gasteiger partial charge in [-0.05, 0) is 43.7 Å². The highest BCUT2D eigenvalue weighted by Gasteiger charge is 2.31. The first-order chi connectivity index (χ1) is 16.7.